The average molecular weight is 259 g/mol. The van der Waals surface area contributed by atoms with Gasteiger partial charge >= 0.3 is 5.97 Å². The number of nitrogens with one attached hydrogen (secondary N) is 1. The Morgan fingerprint density at radius 1 is 1.59 bits per heavy atom. The normalized spacial score (nSPS) is 21.1. The fourth-order valence-corrected chi connectivity index (χ4v) is 2.98. The highest BCUT2D eigenvalue weighted by atomic mass is 32.2. The zero-order chi connectivity index (χ0) is 12.8. The van der Waals surface area contributed by atoms with Gasteiger partial charge in [-0.1, -0.05) is 0 Å². The number of rotatable bonds is 5. The Hall–Kier alpha value is -1.04. The number of esters is 1. The van der Waals surface area contributed by atoms with Crippen molar-refractivity contribution < 1.29 is 19.1 Å². The standard InChI is InChI=1S/C11H17NO4S/c1-7(13)12-10(11(15)16-2)6-17-9-4-3-8(14)5-9/h9-10H,3-6H2,1-2H3,(H,12,13)/t9?,10-/m0/s1. The SMILES string of the molecule is COC(=O)[C@H](CSC1CCC(=O)C1)NC(C)=O. The lowest BCUT2D eigenvalue weighted by atomic mass is 10.3. The van der Waals surface area contributed by atoms with Gasteiger partial charge in [-0.05, 0) is 6.42 Å². The number of Topliss-reactive ketones (excluding diaryl/α,β-unsaturated/α-hetero) is 1. The van der Waals surface area contributed by atoms with Crippen LogP contribution in [-0.4, -0.2) is 41.8 Å². The third-order valence-electron chi connectivity index (χ3n) is 2.56. The van der Waals surface area contributed by atoms with E-state index in [1.54, 1.807) is 11.8 Å². The Balaban J connectivity index is 2.40. The van der Waals surface area contributed by atoms with Gasteiger partial charge in [0.25, 0.3) is 0 Å². The number of ketones is 1. The predicted molar refractivity (Wildman–Crippen MR) is 64.7 cm³/mol. The number of hydrogen-bond acceptors (Lipinski definition) is 5. The largest absolute Gasteiger partial charge is 0.467 e. The summed E-state index contributed by atoms with van der Waals surface area (Å²) < 4.78 is 4.62. The molecule has 0 aliphatic heterocycles. The summed E-state index contributed by atoms with van der Waals surface area (Å²) >= 11 is 1.55. The first-order valence-electron chi connectivity index (χ1n) is 5.51. The van der Waals surface area contributed by atoms with E-state index < -0.39 is 12.0 Å². The highest BCUT2D eigenvalue weighted by Gasteiger charge is 2.26. The minimum Gasteiger partial charge on any atom is -0.467 e. The zero-order valence-corrected chi connectivity index (χ0v) is 10.8. The van der Waals surface area contributed by atoms with Gasteiger partial charge in [-0.15, -0.1) is 0 Å². The van der Waals surface area contributed by atoms with Gasteiger partial charge < -0.3 is 10.1 Å². The molecule has 6 heteroatoms. The van der Waals surface area contributed by atoms with Crippen LogP contribution >= 0.6 is 11.8 Å². The van der Waals surface area contributed by atoms with Crippen molar-refractivity contribution in [3.63, 3.8) is 0 Å². The van der Waals surface area contributed by atoms with E-state index in [1.165, 1.54) is 14.0 Å². The fourth-order valence-electron chi connectivity index (χ4n) is 1.71. The molecule has 0 heterocycles. The van der Waals surface area contributed by atoms with Gasteiger partial charge in [0.2, 0.25) is 5.91 Å². The summed E-state index contributed by atoms with van der Waals surface area (Å²) in [5.41, 5.74) is 0. The molecule has 0 saturated heterocycles. The Bertz CT molecular complexity index is 319. The molecule has 17 heavy (non-hydrogen) atoms. The van der Waals surface area contributed by atoms with Gasteiger partial charge in [0, 0.05) is 30.8 Å². The maximum absolute atomic E-state index is 11.4. The Kier molecular flexibility index (Phi) is 5.47. The molecule has 1 unspecified atom stereocenters. The number of amides is 1. The van der Waals surface area contributed by atoms with Gasteiger partial charge in [0.15, 0.2) is 0 Å². The van der Waals surface area contributed by atoms with Gasteiger partial charge in [0.05, 0.1) is 7.11 Å². The second-order valence-corrected chi connectivity index (χ2v) is 5.35. The molecule has 0 aromatic carbocycles. The first kappa shape index (κ1) is 14.0. The van der Waals surface area contributed by atoms with E-state index in [-0.39, 0.29) is 16.9 Å². The van der Waals surface area contributed by atoms with E-state index in [9.17, 15) is 14.4 Å². The van der Waals surface area contributed by atoms with Crippen LogP contribution in [0, 0.1) is 0 Å². The van der Waals surface area contributed by atoms with Gasteiger partial charge in [-0.25, -0.2) is 4.79 Å². The molecule has 0 aromatic heterocycles. The molecule has 0 spiro atoms. The monoisotopic (exact) mass is 259 g/mol. The fraction of sp³-hybridized carbons (Fsp3) is 0.727. The van der Waals surface area contributed by atoms with Crippen LogP contribution in [0.15, 0.2) is 0 Å². The predicted octanol–water partition coefficient (Wildman–Crippen LogP) is 0.519. The summed E-state index contributed by atoms with van der Waals surface area (Å²) in [6, 6.07) is -0.627. The minimum absolute atomic E-state index is 0.261. The maximum Gasteiger partial charge on any atom is 0.329 e. The molecule has 1 amide bonds. The van der Waals surface area contributed by atoms with Crippen LogP contribution in [0.25, 0.3) is 0 Å². The molecule has 0 bridgehead atoms. The highest BCUT2D eigenvalue weighted by Crippen LogP contribution is 2.27. The molecule has 1 fully saturated rings. The molecule has 1 rings (SSSR count). The first-order chi connectivity index (χ1) is 8.02. The molecule has 2 atom stereocenters. The van der Waals surface area contributed by atoms with Crippen LogP contribution in [0.5, 0.6) is 0 Å². The van der Waals surface area contributed by atoms with Crippen molar-refractivity contribution in [1.29, 1.82) is 0 Å². The minimum atomic E-state index is -0.627. The highest BCUT2D eigenvalue weighted by molar-refractivity contribution is 8.00. The second kappa shape index (κ2) is 6.64. The molecule has 1 N–H and O–H groups in total. The number of carbonyl (C=O) groups excluding carboxylic acids is 3. The van der Waals surface area contributed by atoms with E-state index in [4.69, 9.17) is 0 Å². The summed E-state index contributed by atoms with van der Waals surface area (Å²) in [6.07, 6.45) is 2.05. The summed E-state index contributed by atoms with van der Waals surface area (Å²) in [5.74, 6) is 0.0154. The quantitative estimate of drug-likeness (QED) is 0.729. The number of ether oxygens (including phenoxy) is 1. The molecule has 1 aliphatic carbocycles. The molecule has 1 saturated carbocycles. The van der Waals surface area contributed by atoms with Crippen molar-refractivity contribution >= 4 is 29.4 Å². The Morgan fingerprint density at radius 2 is 2.29 bits per heavy atom. The lowest BCUT2D eigenvalue weighted by molar-refractivity contribution is -0.144. The average Bonchev–Trinajstić information content (AvgIpc) is 2.68. The Morgan fingerprint density at radius 3 is 2.76 bits per heavy atom. The third-order valence-corrected chi connectivity index (χ3v) is 3.96. The molecular weight excluding hydrogens is 242 g/mol. The van der Waals surface area contributed by atoms with Crippen LogP contribution in [0.3, 0.4) is 0 Å². The Labute approximate surface area is 105 Å². The first-order valence-corrected chi connectivity index (χ1v) is 6.56. The summed E-state index contributed by atoms with van der Waals surface area (Å²) in [6.45, 7) is 1.36. The molecular formula is C11H17NO4S. The van der Waals surface area contributed by atoms with Gasteiger partial charge in [0.1, 0.15) is 11.8 Å². The van der Waals surface area contributed by atoms with E-state index in [0.29, 0.717) is 18.6 Å². The lowest BCUT2D eigenvalue weighted by Gasteiger charge is -2.16. The summed E-state index contributed by atoms with van der Waals surface area (Å²) in [7, 11) is 1.29. The van der Waals surface area contributed by atoms with Crippen molar-refractivity contribution in [3.05, 3.63) is 0 Å². The van der Waals surface area contributed by atoms with Crippen molar-refractivity contribution in [2.24, 2.45) is 0 Å². The van der Waals surface area contributed by atoms with Crippen LogP contribution < -0.4 is 5.32 Å². The van der Waals surface area contributed by atoms with Crippen molar-refractivity contribution in [2.75, 3.05) is 12.9 Å². The van der Waals surface area contributed by atoms with Crippen molar-refractivity contribution in [2.45, 2.75) is 37.5 Å². The van der Waals surface area contributed by atoms with Crippen LogP contribution in [0.1, 0.15) is 26.2 Å². The smallest absolute Gasteiger partial charge is 0.329 e. The molecule has 0 aromatic rings. The number of thioether (sulfide) groups is 1. The molecule has 1 aliphatic rings. The number of methoxy groups -OCH3 is 1. The zero-order valence-electron chi connectivity index (χ0n) is 10.0. The van der Waals surface area contributed by atoms with Gasteiger partial charge in [-0.2, -0.15) is 11.8 Å². The summed E-state index contributed by atoms with van der Waals surface area (Å²) in [5, 5.41) is 2.81. The van der Waals surface area contributed by atoms with E-state index in [2.05, 4.69) is 10.1 Å². The topological polar surface area (TPSA) is 72.5 Å². The second-order valence-electron chi connectivity index (χ2n) is 4.01. The van der Waals surface area contributed by atoms with E-state index >= 15 is 0 Å². The van der Waals surface area contributed by atoms with E-state index in [0.717, 1.165) is 6.42 Å². The lowest BCUT2D eigenvalue weighted by Crippen LogP contribution is -2.42. The maximum atomic E-state index is 11.4. The van der Waals surface area contributed by atoms with E-state index in [1.807, 2.05) is 0 Å². The van der Waals surface area contributed by atoms with Crippen LogP contribution in [-0.2, 0) is 19.1 Å². The number of carbonyl (C=O) groups is 3. The van der Waals surface area contributed by atoms with Gasteiger partial charge in [-0.3, -0.25) is 9.59 Å². The van der Waals surface area contributed by atoms with Crippen LogP contribution in [0.2, 0.25) is 0 Å². The molecule has 96 valence electrons. The molecule has 0 radical (unpaired) electrons. The summed E-state index contributed by atoms with van der Waals surface area (Å²) in [4.78, 5) is 33.4. The van der Waals surface area contributed by atoms with Crippen molar-refractivity contribution in [3.8, 4) is 0 Å². The third kappa shape index (κ3) is 4.77. The number of hydrogen-bond donors (Lipinski definition) is 1. The molecule has 5 nitrogen and oxygen atoms in total. The van der Waals surface area contributed by atoms with Crippen molar-refractivity contribution in [1.82, 2.24) is 5.32 Å². The van der Waals surface area contributed by atoms with Crippen LogP contribution in [0.4, 0.5) is 0 Å².